The minimum absolute atomic E-state index is 0.365. The number of esters is 1. The summed E-state index contributed by atoms with van der Waals surface area (Å²) in [5.74, 6) is -0.365. The highest BCUT2D eigenvalue weighted by Gasteiger charge is 2.13. The van der Waals surface area contributed by atoms with Gasteiger partial charge in [0.05, 0.1) is 0 Å². The molecule has 0 aliphatic rings. The standard InChI is InChI=1S/C12H16NO2/c1-8-6-5-7-11(9(8)2)13-10(3)12(14)15-4/h5-7,10,13H,4H2,1-3H3. The van der Waals surface area contributed by atoms with Gasteiger partial charge in [0.15, 0.2) is 0 Å². The van der Waals surface area contributed by atoms with Gasteiger partial charge in [-0.25, -0.2) is 4.79 Å². The lowest BCUT2D eigenvalue weighted by Gasteiger charge is -2.15. The Kier molecular flexibility index (Phi) is 3.72. The first-order valence-electron chi connectivity index (χ1n) is 4.85. The summed E-state index contributed by atoms with van der Waals surface area (Å²) in [5, 5.41) is 3.09. The zero-order valence-corrected chi connectivity index (χ0v) is 9.33. The highest BCUT2D eigenvalue weighted by molar-refractivity contribution is 5.79. The minimum Gasteiger partial charge on any atom is -0.461 e. The molecule has 1 aromatic carbocycles. The number of nitrogens with one attached hydrogen (secondary N) is 1. The normalized spacial score (nSPS) is 12.0. The minimum atomic E-state index is -0.386. The quantitative estimate of drug-likeness (QED) is 0.772. The van der Waals surface area contributed by atoms with Gasteiger partial charge < -0.3 is 10.1 Å². The molecule has 0 saturated carbocycles. The lowest BCUT2D eigenvalue weighted by Crippen LogP contribution is -2.27. The van der Waals surface area contributed by atoms with Gasteiger partial charge in [-0.3, -0.25) is 0 Å². The van der Waals surface area contributed by atoms with Crippen molar-refractivity contribution in [2.24, 2.45) is 0 Å². The molecule has 1 atom stereocenters. The molecule has 3 nitrogen and oxygen atoms in total. The van der Waals surface area contributed by atoms with Gasteiger partial charge in [-0.05, 0) is 38.0 Å². The number of hydrogen-bond donors (Lipinski definition) is 1. The van der Waals surface area contributed by atoms with Crippen molar-refractivity contribution in [3.8, 4) is 0 Å². The zero-order chi connectivity index (χ0) is 11.4. The predicted octanol–water partition coefficient (Wildman–Crippen LogP) is 2.44. The molecule has 0 heterocycles. The average molecular weight is 206 g/mol. The van der Waals surface area contributed by atoms with E-state index in [9.17, 15) is 4.79 Å². The van der Waals surface area contributed by atoms with Crippen LogP contribution >= 0.6 is 0 Å². The van der Waals surface area contributed by atoms with Crippen molar-refractivity contribution in [2.45, 2.75) is 26.8 Å². The summed E-state index contributed by atoms with van der Waals surface area (Å²) >= 11 is 0. The Morgan fingerprint density at radius 3 is 2.73 bits per heavy atom. The van der Waals surface area contributed by atoms with E-state index in [4.69, 9.17) is 0 Å². The molecule has 0 amide bonds. The fraction of sp³-hybridized carbons (Fsp3) is 0.333. The fourth-order valence-electron chi connectivity index (χ4n) is 1.32. The van der Waals surface area contributed by atoms with Gasteiger partial charge >= 0.3 is 5.97 Å². The number of benzene rings is 1. The molecule has 0 aromatic heterocycles. The van der Waals surface area contributed by atoms with Crippen molar-refractivity contribution in [1.29, 1.82) is 0 Å². The number of carbonyl (C=O) groups excluding carboxylic acids is 1. The van der Waals surface area contributed by atoms with E-state index in [1.807, 2.05) is 32.0 Å². The lowest BCUT2D eigenvalue weighted by atomic mass is 10.1. The third kappa shape index (κ3) is 2.72. The molecule has 1 radical (unpaired) electrons. The molecule has 0 aliphatic carbocycles. The number of carbonyl (C=O) groups is 1. The maximum Gasteiger partial charge on any atom is 0.328 e. The number of hydrogen-bond acceptors (Lipinski definition) is 3. The molecule has 0 fully saturated rings. The van der Waals surface area contributed by atoms with Crippen LogP contribution in [0.4, 0.5) is 5.69 Å². The second-order valence-electron chi connectivity index (χ2n) is 3.58. The SMILES string of the molecule is [CH2]OC(=O)C(C)Nc1cccc(C)c1C. The summed E-state index contributed by atoms with van der Waals surface area (Å²) in [4.78, 5) is 11.2. The van der Waals surface area contributed by atoms with E-state index in [0.717, 1.165) is 11.3 Å². The van der Waals surface area contributed by atoms with E-state index in [2.05, 4.69) is 17.2 Å². The van der Waals surface area contributed by atoms with Gasteiger partial charge in [0, 0.05) is 5.69 Å². The lowest BCUT2D eigenvalue weighted by molar-refractivity contribution is -0.138. The van der Waals surface area contributed by atoms with Crippen molar-refractivity contribution in [1.82, 2.24) is 0 Å². The third-order valence-electron chi connectivity index (χ3n) is 2.47. The topological polar surface area (TPSA) is 38.3 Å². The maximum absolute atomic E-state index is 11.2. The van der Waals surface area contributed by atoms with Gasteiger partial charge in [0.25, 0.3) is 0 Å². The summed E-state index contributed by atoms with van der Waals surface area (Å²) in [7, 11) is 3.10. The van der Waals surface area contributed by atoms with Crippen molar-refractivity contribution in [3.05, 3.63) is 36.4 Å². The van der Waals surface area contributed by atoms with E-state index < -0.39 is 0 Å². The van der Waals surface area contributed by atoms with E-state index >= 15 is 0 Å². The predicted molar refractivity (Wildman–Crippen MR) is 60.4 cm³/mol. The van der Waals surface area contributed by atoms with Crippen LogP contribution in [0.25, 0.3) is 0 Å². The van der Waals surface area contributed by atoms with Gasteiger partial charge in [-0.2, -0.15) is 0 Å². The van der Waals surface area contributed by atoms with Crippen LogP contribution in [0.1, 0.15) is 18.1 Å². The van der Waals surface area contributed by atoms with E-state index in [-0.39, 0.29) is 12.0 Å². The molecule has 1 N–H and O–H groups in total. The molecule has 1 aromatic rings. The second kappa shape index (κ2) is 4.82. The first-order valence-corrected chi connectivity index (χ1v) is 4.85. The highest BCUT2D eigenvalue weighted by atomic mass is 16.5. The van der Waals surface area contributed by atoms with Crippen LogP contribution < -0.4 is 5.32 Å². The Bertz CT molecular complexity index is 361. The summed E-state index contributed by atoms with van der Waals surface area (Å²) in [5.41, 5.74) is 3.28. The van der Waals surface area contributed by atoms with Crippen LogP contribution in [0.2, 0.25) is 0 Å². The summed E-state index contributed by atoms with van der Waals surface area (Å²) in [6.07, 6.45) is 0. The average Bonchev–Trinajstić information content (AvgIpc) is 2.23. The van der Waals surface area contributed by atoms with Gasteiger partial charge in [0.2, 0.25) is 0 Å². The molecule has 0 aliphatic heterocycles. The van der Waals surface area contributed by atoms with Gasteiger partial charge in [0.1, 0.15) is 13.2 Å². The summed E-state index contributed by atoms with van der Waals surface area (Å²) < 4.78 is 4.40. The van der Waals surface area contributed by atoms with Crippen LogP contribution in [-0.4, -0.2) is 12.0 Å². The molecule has 0 spiro atoms. The Morgan fingerprint density at radius 2 is 2.13 bits per heavy atom. The number of rotatable bonds is 3. The molecule has 1 rings (SSSR count). The van der Waals surface area contributed by atoms with Crippen LogP contribution in [-0.2, 0) is 9.53 Å². The Balaban J connectivity index is 2.81. The highest BCUT2D eigenvalue weighted by Crippen LogP contribution is 2.18. The molecule has 0 saturated heterocycles. The first kappa shape index (κ1) is 11.6. The molecule has 1 unspecified atom stereocenters. The molecule has 15 heavy (non-hydrogen) atoms. The monoisotopic (exact) mass is 206 g/mol. The van der Waals surface area contributed by atoms with Crippen LogP contribution in [0.5, 0.6) is 0 Å². The number of aryl methyl sites for hydroxylation is 1. The van der Waals surface area contributed by atoms with E-state index in [0.29, 0.717) is 0 Å². The van der Waals surface area contributed by atoms with Crippen LogP contribution in [0.3, 0.4) is 0 Å². The van der Waals surface area contributed by atoms with E-state index in [1.165, 1.54) is 5.56 Å². The van der Waals surface area contributed by atoms with Gasteiger partial charge in [-0.15, -0.1) is 0 Å². The fourth-order valence-corrected chi connectivity index (χ4v) is 1.32. The molecular weight excluding hydrogens is 190 g/mol. The molecule has 81 valence electrons. The van der Waals surface area contributed by atoms with Crippen molar-refractivity contribution >= 4 is 11.7 Å². The Labute approximate surface area is 90.4 Å². The largest absolute Gasteiger partial charge is 0.461 e. The molecule has 3 heteroatoms. The number of ether oxygens (including phenoxy) is 1. The Hall–Kier alpha value is -1.51. The zero-order valence-electron chi connectivity index (χ0n) is 9.33. The van der Waals surface area contributed by atoms with Crippen molar-refractivity contribution in [3.63, 3.8) is 0 Å². The smallest absolute Gasteiger partial charge is 0.328 e. The van der Waals surface area contributed by atoms with Crippen LogP contribution in [0.15, 0.2) is 18.2 Å². The van der Waals surface area contributed by atoms with Crippen molar-refractivity contribution < 1.29 is 9.53 Å². The molecular formula is C12H16NO2. The van der Waals surface area contributed by atoms with Crippen LogP contribution in [0, 0.1) is 21.0 Å². The summed E-state index contributed by atoms with van der Waals surface area (Å²) in [6, 6.07) is 5.54. The number of anilines is 1. The maximum atomic E-state index is 11.2. The third-order valence-corrected chi connectivity index (χ3v) is 2.47. The Morgan fingerprint density at radius 1 is 1.47 bits per heavy atom. The van der Waals surface area contributed by atoms with Gasteiger partial charge in [-0.1, -0.05) is 12.1 Å². The second-order valence-corrected chi connectivity index (χ2v) is 3.58. The molecule has 0 bridgehead atoms. The van der Waals surface area contributed by atoms with E-state index in [1.54, 1.807) is 6.92 Å². The first-order chi connectivity index (χ1) is 7.06. The summed E-state index contributed by atoms with van der Waals surface area (Å²) in [6.45, 7) is 5.79. The van der Waals surface area contributed by atoms with Crippen molar-refractivity contribution in [2.75, 3.05) is 5.32 Å².